The summed E-state index contributed by atoms with van der Waals surface area (Å²) in [6.07, 6.45) is 0. The van der Waals surface area contributed by atoms with Crippen LogP contribution in [0.3, 0.4) is 0 Å². The van der Waals surface area contributed by atoms with Gasteiger partial charge in [-0.25, -0.2) is 0 Å². The first-order chi connectivity index (χ1) is 29.8. The van der Waals surface area contributed by atoms with Crippen molar-refractivity contribution in [2.75, 3.05) is 9.80 Å². The summed E-state index contributed by atoms with van der Waals surface area (Å²) in [5.41, 5.74) is 4.61. The van der Waals surface area contributed by atoms with Gasteiger partial charge in [-0.1, -0.05) is 158 Å². The van der Waals surface area contributed by atoms with Crippen LogP contribution < -0.4 is 9.80 Å². The van der Waals surface area contributed by atoms with Crippen molar-refractivity contribution in [2.24, 2.45) is 0 Å². The van der Waals surface area contributed by atoms with E-state index in [1.165, 1.54) is 95.8 Å². The highest BCUT2D eigenvalue weighted by molar-refractivity contribution is 7.26. The smallest absolute Gasteiger partial charge is 0.101 e. The van der Waals surface area contributed by atoms with Crippen LogP contribution in [0.25, 0.3) is 74.4 Å². The molecule has 0 unspecified atom stereocenters. The van der Waals surface area contributed by atoms with E-state index >= 15 is 0 Å². The van der Waals surface area contributed by atoms with Crippen molar-refractivity contribution in [2.45, 2.75) is 0 Å². The van der Waals surface area contributed by atoms with Crippen molar-refractivity contribution in [3.05, 3.63) is 218 Å². The van der Waals surface area contributed by atoms with E-state index in [1.54, 1.807) is 0 Å². The normalized spacial score (nSPS) is 11.7. The van der Waals surface area contributed by atoms with Gasteiger partial charge in [-0.05, 0) is 115 Å². The highest BCUT2D eigenvalue weighted by Crippen LogP contribution is 2.50. The first-order valence-electron chi connectivity index (χ1n) is 20.3. The molecule has 0 bridgehead atoms. The van der Waals surface area contributed by atoms with Crippen LogP contribution in [-0.4, -0.2) is 0 Å². The number of thiophene rings is 2. The van der Waals surface area contributed by atoms with Gasteiger partial charge in [0, 0.05) is 31.9 Å². The quantitative estimate of drug-likeness (QED) is 0.148. The van der Waals surface area contributed by atoms with Crippen molar-refractivity contribution in [3.8, 4) is 9.75 Å². The SMILES string of the molecule is c1ccc(N(c2ccc(-c3ccc(N(c4ccccc4)c4cc5c6ccccc6ccc5c5ccccc45)s3)s2)c2cc3c4ccccc4ccc3c3ccccc23)cc1. The average molecular weight is 801 g/mol. The van der Waals surface area contributed by atoms with Crippen LogP contribution in [0.2, 0.25) is 0 Å². The molecular weight excluding hydrogens is 765 g/mol. The summed E-state index contributed by atoms with van der Waals surface area (Å²) >= 11 is 3.68. The fourth-order valence-corrected chi connectivity index (χ4v) is 11.3. The molecule has 60 heavy (non-hydrogen) atoms. The maximum absolute atomic E-state index is 2.45. The zero-order valence-corrected chi connectivity index (χ0v) is 34.1. The molecule has 2 heterocycles. The van der Waals surface area contributed by atoms with Gasteiger partial charge in [-0.2, -0.15) is 0 Å². The molecule has 0 amide bonds. The van der Waals surface area contributed by atoms with Crippen molar-refractivity contribution in [1.82, 2.24) is 0 Å². The second kappa shape index (κ2) is 14.2. The molecular formula is C56H36N2S2. The van der Waals surface area contributed by atoms with E-state index in [-0.39, 0.29) is 0 Å². The van der Waals surface area contributed by atoms with Crippen LogP contribution in [0.4, 0.5) is 32.8 Å². The third kappa shape index (κ3) is 5.68. The van der Waals surface area contributed by atoms with Gasteiger partial charge in [-0.3, -0.25) is 0 Å². The molecule has 0 N–H and O–H groups in total. The molecule has 2 aromatic heterocycles. The lowest BCUT2D eigenvalue weighted by Crippen LogP contribution is -2.09. The van der Waals surface area contributed by atoms with E-state index in [4.69, 9.17) is 0 Å². The molecule has 0 saturated heterocycles. The van der Waals surface area contributed by atoms with Crippen molar-refractivity contribution in [1.29, 1.82) is 0 Å². The first-order valence-corrected chi connectivity index (χ1v) is 22.0. The highest BCUT2D eigenvalue weighted by Gasteiger charge is 2.23. The number of para-hydroxylation sites is 2. The molecule has 0 aliphatic rings. The topological polar surface area (TPSA) is 6.48 Å². The minimum atomic E-state index is 1.13. The Morgan fingerprint density at radius 1 is 0.250 bits per heavy atom. The highest BCUT2D eigenvalue weighted by atomic mass is 32.1. The van der Waals surface area contributed by atoms with Gasteiger partial charge in [0.05, 0.1) is 11.4 Å². The standard InChI is InChI=1S/C56H36N2S2/c1-3-17-39(18-4-1)57(51-35-49-41-21-9-7-15-37(41)27-29-45(49)43-23-11-13-25-47(43)51)55-33-31-53(59-55)54-32-34-56(60-54)58(40-19-5-2-6-20-40)52-36-50-42-22-10-8-16-38(42)28-30-46(50)44-24-12-14-26-48(44)52/h1-36H. The number of hydrogen-bond donors (Lipinski definition) is 0. The summed E-state index contributed by atoms with van der Waals surface area (Å²) < 4.78 is 0. The van der Waals surface area contributed by atoms with Gasteiger partial charge >= 0.3 is 0 Å². The molecule has 12 aromatic rings. The molecule has 12 rings (SSSR count). The molecule has 0 spiro atoms. The molecule has 0 aliphatic heterocycles. The van der Waals surface area contributed by atoms with E-state index in [9.17, 15) is 0 Å². The first kappa shape index (κ1) is 34.8. The molecule has 0 radical (unpaired) electrons. The Hall–Kier alpha value is -7.24. The van der Waals surface area contributed by atoms with Crippen LogP contribution in [0.1, 0.15) is 0 Å². The maximum atomic E-state index is 2.45. The zero-order chi connectivity index (χ0) is 39.6. The second-order valence-corrected chi connectivity index (χ2v) is 17.4. The van der Waals surface area contributed by atoms with E-state index in [2.05, 4.69) is 228 Å². The third-order valence-electron chi connectivity index (χ3n) is 11.9. The Kier molecular flexibility index (Phi) is 8.25. The van der Waals surface area contributed by atoms with Crippen molar-refractivity contribution < 1.29 is 0 Å². The van der Waals surface area contributed by atoms with Gasteiger partial charge in [0.25, 0.3) is 0 Å². The average Bonchev–Trinajstić information content (AvgIpc) is 4.01. The minimum Gasteiger partial charge on any atom is -0.301 e. The Balaban J connectivity index is 1.02. The molecule has 4 heteroatoms. The molecule has 282 valence electrons. The second-order valence-electron chi connectivity index (χ2n) is 15.3. The Bertz CT molecular complexity index is 3330. The summed E-state index contributed by atoms with van der Waals surface area (Å²) in [4.78, 5) is 7.38. The van der Waals surface area contributed by atoms with E-state index in [0.29, 0.717) is 0 Å². The number of rotatable bonds is 7. The number of benzene rings is 10. The van der Waals surface area contributed by atoms with E-state index in [0.717, 1.165) is 11.4 Å². The van der Waals surface area contributed by atoms with Gasteiger partial charge in [-0.15, -0.1) is 22.7 Å². The molecule has 10 aromatic carbocycles. The third-order valence-corrected chi connectivity index (χ3v) is 14.2. The van der Waals surface area contributed by atoms with Gasteiger partial charge in [0.1, 0.15) is 10.0 Å². The predicted octanol–water partition coefficient (Wildman–Crippen LogP) is 17.3. The van der Waals surface area contributed by atoms with Crippen LogP contribution in [-0.2, 0) is 0 Å². The summed E-state index contributed by atoms with van der Waals surface area (Å²) in [5, 5.41) is 17.4. The Morgan fingerprint density at radius 3 is 1.03 bits per heavy atom. The summed E-state index contributed by atoms with van der Waals surface area (Å²) in [6, 6.07) is 79.9. The van der Waals surface area contributed by atoms with E-state index < -0.39 is 0 Å². The largest absolute Gasteiger partial charge is 0.301 e. The number of fused-ring (bicyclic) bond motifs is 10. The van der Waals surface area contributed by atoms with E-state index in [1.807, 2.05) is 22.7 Å². The summed E-state index contributed by atoms with van der Waals surface area (Å²) in [6.45, 7) is 0. The van der Waals surface area contributed by atoms with Gasteiger partial charge in [0.15, 0.2) is 0 Å². The van der Waals surface area contributed by atoms with Crippen LogP contribution in [0.5, 0.6) is 0 Å². The van der Waals surface area contributed by atoms with Gasteiger partial charge < -0.3 is 9.80 Å². The lowest BCUT2D eigenvalue weighted by atomic mass is 9.95. The van der Waals surface area contributed by atoms with Gasteiger partial charge in [0.2, 0.25) is 0 Å². The molecule has 0 saturated carbocycles. The van der Waals surface area contributed by atoms with Crippen LogP contribution in [0.15, 0.2) is 218 Å². The molecule has 0 fully saturated rings. The van der Waals surface area contributed by atoms with Crippen LogP contribution in [0, 0.1) is 0 Å². The fraction of sp³-hybridized carbons (Fsp3) is 0. The molecule has 0 aliphatic carbocycles. The minimum absolute atomic E-state index is 1.13. The Morgan fingerprint density at radius 2 is 0.600 bits per heavy atom. The predicted molar refractivity (Wildman–Crippen MR) is 262 cm³/mol. The monoisotopic (exact) mass is 800 g/mol. The summed E-state index contributed by atoms with van der Waals surface area (Å²) in [7, 11) is 0. The molecule has 0 atom stereocenters. The van der Waals surface area contributed by atoms with Crippen molar-refractivity contribution in [3.63, 3.8) is 0 Å². The Labute approximate surface area is 356 Å². The number of nitrogens with zero attached hydrogens (tertiary/aromatic N) is 2. The van der Waals surface area contributed by atoms with Crippen molar-refractivity contribution >= 4 is 120 Å². The summed E-state index contributed by atoms with van der Waals surface area (Å²) in [5.74, 6) is 0. The lowest BCUT2D eigenvalue weighted by molar-refractivity contribution is 1.34. The number of hydrogen-bond acceptors (Lipinski definition) is 4. The molecule has 2 nitrogen and oxygen atoms in total. The lowest BCUT2D eigenvalue weighted by Gasteiger charge is -2.26. The fourth-order valence-electron chi connectivity index (χ4n) is 9.14. The van der Waals surface area contributed by atoms with Crippen LogP contribution >= 0.6 is 22.7 Å². The number of anilines is 6. The maximum Gasteiger partial charge on any atom is 0.101 e. The zero-order valence-electron chi connectivity index (χ0n) is 32.5.